The summed E-state index contributed by atoms with van der Waals surface area (Å²) in [5, 5.41) is 0. The minimum atomic E-state index is 0.112. The zero-order chi connectivity index (χ0) is 15.4. The first-order chi connectivity index (χ1) is 10.4. The Morgan fingerprint density at radius 2 is 0.857 bits per heavy atom. The molecule has 128 valence electrons. The summed E-state index contributed by atoms with van der Waals surface area (Å²) in [5.74, 6) is 0. The third kappa shape index (κ3) is 19.7. The van der Waals surface area contributed by atoms with Gasteiger partial charge in [-0.1, -0.05) is 0 Å². The van der Waals surface area contributed by atoms with Crippen LogP contribution < -0.4 is 0 Å². The Morgan fingerprint density at radius 1 is 0.429 bits per heavy atom. The Morgan fingerprint density at radius 3 is 1.29 bits per heavy atom. The summed E-state index contributed by atoms with van der Waals surface area (Å²) in [6.07, 6.45) is 0. The molecule has 8 nitrogen and oxygen atoms in total. The van der Waals surface area contributed by atoms with Crippen molar-refractivity contribution in [2.24, 2.45) is 0 Å². The van der Waals surface area contributed by atoms with Crippen LogP contribution in [0.2, 0.25) is 0 Å². The fourth-order valence-corrected chi connectivity index (χ4v) is 1.14. The van der Waals surface area contributed by atoms with Crippen molar-refractivity contribution in [3.8, 4) is 0 Å². The van der Waals surface area contributed by atoms with E-state index in [1.807, 2.05) is 0 Å². The molecule has 0 aliphatic rings. The Bertz CT molecular complexity index is 164. The maximum Gasteiger partial charge on any atom is 0.180 e. The molecule has 8 heteroatoms. The van der Waals surface area contributed by atoms with Crippen molar-refractivity contribution in [3.63, 3.8) is 0 Å². The highest BCUT2D eigenvalue weighted by Crippen LogP contribution is 1.84. The molecule has 0 aromatic rings. The summed E-state index contributed by atoms with van der Waals surface area (Å²) in [6.45, 7) is 5.34. The SMILES string of the molecule is COCCOCCOCCOCCOCCOOCOC. The molecule has 0 aromatic heterocycles. The lowest BCUT2D eigenvalue weighted by Crippen LogP contribution is -2.14. The van der Waals surface area contributed by atoms with Crippen molar-refractivity contribution >= 4 is 0 Å². The Kier molecular flexibility index (Phi) is 19.4. The number of rotatable bonds is 18. The second kappa shape index (κ2) is 19.7. The summed E-state index contributed by atoms with van der Waals surface area (Å²) in [4.78, 5) is 9.38. The number of hydrogen-bond donors (Lipinski definition) is 0. The van der Waals surface area contributed by atoms with E-state index in [0.717, 1.165) is 0 Å². The van der Waals surface area contributed by atoms with Crippen molar-refractivity contribution in [2.45, 2.75) is 0 Å². The average Bonchev–Trinajstić information content (AvgIpc) is 2.50. The Labute approximate surface area is 126 Å². The molecule has 0 aromatic carbocycles. The first-order valence-electron chi connectivity index (χ1n) is 6.95. The highest BCUT2D eigenvalue weighted by atomic mass is 17.2. The zero-order valence-electron chi connectivity index (χ0n) is 13.0. The summed E-state index contributed by atoms with van der Waals surface area (Å²) in [7, 11) is 3.17. The predicted octanol–water partition coefficient (Wildman–Crippen LogP) is 0.251. The molecule has 0 saturated carbocycles. The normalized spacial score (nSPS) is 11.1. The molecule has 0 radical (unpaired) electrons. The van der Waals surface area contributed by atoms with Gasteiger partial charge in [-0.25, -0.2) is 9.78 Å². The lowest BCUT2D eigenvalue weighted by molar-refractivity contribution is -0.336. The molecule has 0 heterocycles. The maximum absolute atomic E-state index is 5.32. The van der Waals surface area contributed by atoms with Gasteiger partial charge < -0.3 is 28.4 Å². The fraction of sp³-hybridized carbons (Fsp3) is 1.00. The minimum absolute atomic E-state index is 0.112. The Hall–Kier alpha value is -0.320. The highest BCUT2D eigenvalue weighted by molar-refractivity contribution is 4.35. The molecular formula is C13H28O8. The van der Waals surface area contributed by atoms with Crippen LogP contribution in [0.3, 0.4) is 0 Å². The largest absolute Gasteiger partial charge is 0.382 e. The van der Waals surface area contributed by atoms with Gasteiger partial charge in [0.2, 0.25) is 0 Å². The molecule has 0 unspecified atom stereocenters. The number of hydrogen-bond acceptors (Lipinski definition) is 8. The van der Waals surface area contributed by atoms with Gasteiger partial charge in [-0.3, -0.25) is 0 Å². The molecule has 21 heavy (non-hydrogen) atoms. The van der Waals surface area contributed by atoms with E-state index in [1.165, 1.54) is 7.11 Å². The van der Waals surface area contributed by atoms with Crippen LogP contribution in [0.4, 0.5) is 0 Å². The second-order valence-electron chi connectivity index (χ2n) is 3.79. The quantitative estimate of drug-likeness (QED) is 0.154. The first kappa shape index (κ1) is 20.7. The topological polar surface area (TPSA) is 73.8 Å². The van der Waals surface area contributed by atoms with Crippen LogP contribution in [0.25, 0.3) is 0 Å². The molecule has 0 N–H and O–H groups in total. The Balaban J connectivity index is 2.90. The van der Waals surface area contributed by atoms with Crippen LogP contribution in [0.5, 0.6) is 0 Å². The molecule has 0 aliphatic heterocycles. The maximum atomic E-state index is 5.32. The van der Waals surface area contributed by atoms with Crippen LogP contribution in [-0.4, -0.2) is 87.1 Å². The smallest absolute Gasteiger partial charge is 0.180 e. The van der Waals surface area contributed by atoms with Crippen LogP contribution in [0.15, 0.2) is 0 Å². The number of methoxy groups -OCH3 is 2. The van der Waals surface area contributed by atoms with Gasteiger partial charge in [-0.2, -0.15) is 0 Å². The monoisotopic (exact) mass is 312 g/mol. The van der Waals surface area contributed by atoms with Crippen molar-refractivity contribution in [2.75, 3.05) is 87.1 Å². The van der Waals surface area contributed by atoms with E-state index in [-0.39, 0.29) is 6.79 Å². The lowest BCUT2D eigenvalue weighted by Gasteiger charge is -2.07. The van der Waals surface area contributed by atoms with Gasteiger partial charge in [0.1, 0.15) is 6.61 Å². The second-order valence-corrected chi connectivity index (χ2v) is 3.79. The molecular weight excluding hydrogens is 284 g/mol. The van der Waals surface area contributed by atoms with Crippen LogP contribution in [0.1, 0.15) is 0 Å². The highest BCUT2D eigenvalue weighted by Gasteiger charge is 1.93. The lowest BCUT2D eigenvalue weighted by atomic mass is 10.7. The zero-order valence-corrected chi connectivity index (χ0v) is 13.0. The van der Waals surface area contributed by atoms with E-state index in [4.69, 9.17) is 28.6 Å². The fourth-order valence-electron chi connectivity index (χ4n) is 1.14. The molecule has 0 bridgehead atoms. The van der Waals surface area contributed by atoms with Gasteiger partial charge in [0.05, 0.1) is 59.5 Å². The molecule has 0 aliphatic carbocycles. The summed E-state index contributed by atoms with van der Waals surface area (Å²) >= 11 is 0. The van der Waals surface area contributed by atoms with Crippen molar-refractivity contribution in [1.82, 2.24) is 0 Å². The molecule has 0 rings (SSSR count). The van der Waals surface area contributed by atoms with Gasteiger partial charge in [0.15, 0.2) is 6.79 Å². The number of ether oxygens (including phenoxy) is 6. The van der Waals surface area contributed by atoms with E-state index < -0.39 is 0 Å². The van der Waals surface area contributed by atoms with E-state index in [9.17, 15) is 0 Å². The van der Waals surface area contributed by atoms with Gasteiger partial charge in [-0.05, 0) is 0 Å². The van der Waals surface area contributed by atoms with E-state index in [0.29, 0.717) is 66.1 Å². The summed E-state index contributed by atoms with van der Waals surface area (Å²) in [5.41, 5.74) is 0. The van der Waals surface area contributed by atoms with E-state index in [2.05, 4.69) is 9.62 Å². The minimum Gasteiger partial charge on any atom is -0.382 e. The molecule has 0 spiro atoms. The summed E-state index contributed by atoms with van der Waals surface area (Å²) in [6, 6.07) is 0. The summed E-state index contributed by atoms with van der Waals surface area (Å²) < 4.78 is 30.6. The molecule has 0 amide bonds. The molecule has 0 atom stereocenters. The van der Waals surface area contributed by atoms with Gasteiger partial charge in [0, 0.05) is 14.2 Å². The molecule has 0 fully saturated rings. The van der Waals surface area contributed by atoms with E-state index >= 15 is 0 Å². The van der Waals surface area contributed by atoms with Crippen molar-refractivity contribution in [3.05, 3.63) is 0 Å². The third-order valence-corrected chi connectivity index (χ3v) is 2.11. The predicted molar refractivity (Wildman–Crippen MR) is 74.1 cm³/mol. The molecule has 0 saturated heterocycles. The van der Waals surface area contributed by atoms with Crippen LogP contribution in [-0.2, 0) is 38.2 Å². The van der Waals surface area contributed by atoms with Gasteiger partial charge >= 0.3 is 0 Å². The van der Waals surface area contributed by atoms with Crippen molar-refractivity contribution < 1.29 is 38.2 Å². The standard InChI is InChI=1S/C13H28O8/c1-14-3-4-16-5-6-17-7-8-18-9-10-19-11-12-20-21-13-15-2/h3-13H2,1-2H3. The van der Waals surface area contributed by atoms with Gasteiger partial charge in [-0.15, -0.1) is 0 Å². The van der Waals surface area contributed by atoms with E-state index in [1.54, 1.807) is 7.11 Å². The van der Waals surface area contributed by atoms with Crippen molar-refractivity contribution in [1.29, 1.82) is 0 Å². The first-order valence-corrected chi connectivity index (χ1v) is 6.95. The average molecular weight is 312 g/mol. The van der Waals surface area contributed by atoms with Gasteiger partial charge in [0.25, 0.3) is 0 Å². The van der Waals surface area contributed by atoms with Crippen LogP contribution >= 0.6 is 0 Å². The third-order valence-electron chi connectivity index (χ3n) is 2.11. The van der Waals surface area contributed by atoms with Crippen LogP contribution in [0, 0.1) is 0 Å².